The van der Waals surface area contributed by atoms with Gasteiger partial charge in [0.2, 0.25) is 17.7 Å². The molecule has 3 aliphatic rings. The number of aryl methyl sites for hydroxylation is 2. The molecule has 3 amide bonds. The summed E-state index contributed by atoms with van der Waals surface area (Å²) in [6, 6.07) is 3.00. The van der Waals surface area contributed by atoms with E-state index in [1.165, 1.54) is 22.3 Å². The molecule has 9 nitrogen and oxygen atoms in total. The maximum absolute atomic E-state index is 15.2. The van der Waals surface area contributed by atoms with Crippen molar-refractivity contribution in [3.05, 3.63) is 40.3 Å². The number of rotatable bonds is 6. The van der Waals surface area contributed by atoms with Crippen molar-refractivity contribution in [3.63, 3.8) is 0 Å². The smallest absolute Gasteiger partial charge is 0.246 e. The molecule has 2 heterocycles. The number of hydrogen-bond donors (Lipinski definition) is 3. The maximum atomic E-state index is 15.2. The Morgan fingerprint density at radius 3 is 2.62 bits per heavy atom. The van der Waals surface area contributed by atoms with E-state index in [1.54, 1.807) is 26.3 Å². The van der Waals surface area contributed by atoms with Crippen LogP contribution in [-0.2, 0) is 20.8 Å². The molecule has 3 N–H and O–H groups in total. The number of carbonyl (C=O) groups is 3. The summed E-state index contributed by atoms with van der Waals surface area (Å²) in [6.07, 6.45) is 1.31. The van der Waals surface area contributed by atoms with Crippen LogP contribution in [0.3, 0.4) is 0 Å². The van der Waals surface area contributed by atoms with Crippen molar-refractivity contribution >= 4 is 29.1 Å². The first-order valence-corrected chi connectivity index (χ1v) is 14.5. The van der Waals surface area contributed by atoms with E-state index in [9.17, 15) is 24.8 Å². The molecule has 1 aliphatic heterocycles. The number of nitrogens with zero attached hydrogens (tertiary/aromatic N) is 3. The molecule has 1 saturated heterocycles. The number of halogens is 1. The Bertz CT molecular complexity index is 1410. The number of nitriles is 1. The molecule has 2 aromatic rings. The molecule has 4 atom stereocenters. The highest BCUT2D eigenvalue weighted by Gasteiger charge is 2.53. The summed E-state index contributed by atoms with van der Waals surface area (Å²) in [5.74, 6) is -1.77. The SMILES string of the molecule is Cc1ncsc1-c1cc2c(cc1F)C(NC(=O)[C@@H]1C[C@@H](O)CN1C(=O)[C@@H](NC(=O)C1(C#N)CC1)C(C)(C)C)CC2. The van der Waals surface area contributed by atoms with Gasteiger partial charge >= 0.3 is 0 Å². The molecule has 40 heavy (non-hydrogen) atoms. The fraction of sp³-hybridized carbons (Fsp3) is 0.552. The fourth-order valence-electron chi connectivity index (χ4n) is 5.69. The van der Waals surface area contributed by atoms with Crippen LogP contribution in [0.1, 0.15) is 69.3 Å². The molecule has 1 saturated carbocycles. The van der Waals surface area contributed by atoms with Crippen LogP contribution in [0.25, 0.3) is 10.4 Å². The molecule has 5 rings (SSSR count). The number of hydrogen-bond acceptors (Lipinski definition) is 7. The molecule has 2 fully saturated rings. The molecule has 1 aromatic heterocycles. The zero-order valence-corrected chi connectivity index (χ0v) is 23.9. The van der Waals surface area contributed by atoms with Gasteiger partial charge in [0.15, 0.2) is 0 Å². The van der Waals surface area contributed by atoms with Crippen LogP contribution in [-0.4, -0.2) is 57.4 Å². The predicted molar refractivity (Wildman–Crippen MR) is 146 cm³/mol. The monoisotopic (exact) mass is 567 g/mol. The van der Waals surface area contributed by atoms with Gasteiger partial charge in [-0.1, -0.05) is 20.8 Å². The van der Waals surface area contributed by atoms with Gasteiger partial charge in [-0.05, 0) is 61.3 Å². The van der Waals surface area contributed by atoms with Crippen LogP contribution in [0.15, 0.2) is 17.6 Å². The van der Waals surface area contributed by atoms with E-state index in [2.05, 4.69) is 15.6 Å². The highest BCUT2D eigenvalue weighted by Crippen LogP contribution is 2.45. The molecule has 0 bridgehead atoms. The molecule has 2 aliphatic carbocycles. The van der Waals surface area contributed by atoms with Gasteiger partial charge in [-0.2, -0.15) is 5.26 Å². The molecule has 11 heteroatoms. The van der Waals surface area contributed by atoms with Crippen molar-refractivity contribution in [1.82, 2.24) is 20.5 Å². The molecule has 1 aromatic carbocycles. The van der Waals surface area contributed by atoms with E-state index in [4.69, 9.17) is 0 Å². The lowest BCUT2D eigenvalue weighted by Crippen LogP contribution is -2.58. The number of nitrogens with one attached hydrogen (secondary N) is 2. The Morgan fingerprint density at radius 1 is 1.30 bits per heavy atom. The summed E-state index contributed by atoms with van der Waals surface area (Å²) in [5.41, 5.74) is 2.81. The van der Waals surface area contributed by atoms with Crippen molar-refractivity contribution < 1.29 is 23.9 Å². The number of aliphatic hydroxyl groups is 1. The van der Waals surface area contributed by atoms with E-state index in [1.807, 2.05) is 19.1 Å². The average Bonchev–Trinajstić information content (AvgIpc) is 3.20. The molecule has 212 valence electrons. The van der Waals surface area contributed by atoms with Crippen LogP contribution < -0.4 is 10.6 Å². The van der Waals surface area contributed by atoms with Gasteiger partial charge in [-0.25, -0.2) is 9.37 Å². The Kier molecular flexibility index (Phi) is 7.21. The minimum Gasteiger partial charge on any atom is -0.391 e. The second-order valence-electron chi connectivity index (χ2n) is 12.3. The van der Waals surface area contributed by atoms with Gasteiger partial charge in [-0.3, -0.25) is 14.4 Å². The molecular formula is C29H34FN5O4S. The number of aliphatic hydroxyl groups excluding tert-OH is 1. The Balaban J connectivity index is 1.33. The van der Waals surface area contributed by atoms with Crippen molar-refractivity contribution in [1.29, 1.82) is 5.26 Å². The topological polar surface area (TPSA) is 135 Å². The van der Waals surface area contributed by atoms with E-state index in [0.717, 1.165) is 16.1 Å². The van der Waals surface area contributed by atoms with Crippen LogP contribution in [0.2, 0.25) is 0 Å². The van der Waals surface area contributed by atoms with Gasteiger partial charge in [0.25, 0.3) is 0 Å². The number of amides is 3. The summed E-state index contributed by atoms with van der Waals surface area (Å²) in [4.78, 5) is 46.5. The highest BCUT2D eigenvalue weighted by molar-refractivity contribution is 7.13. The number of likely N-dealkylation sites (tertiary alicyclic amines) is 1. The van der Waals surface area contributed by atoms with E-state index in [-0.39, 0.29) is 18.8 Å². The van der Waals surface area contributed by atoms with Gasteiger partial charge in [0.1, 0.15) is 23.3 Å². The van der Waals surface area contributed by atoms with Crippen molar-refractivity contribution in [2.45, 2.75) is 84.0 Å². The lowest BCUT2D eigenvalue weighted by Gasteiger charge is -2.36. The van der Waals surface area contributed by atoms with Crippen molar-refractivity contribution in [3.8, 4) is 16.5 Å². The van der Waals surface area contributed by atoms with Gasteiger partial charge in [-0.15, -0.1) is 11.3 Å². The van der Waals surface area contributed by atoms with Gasteiger partial charge in [0.05, 0.1) is 34.3 Å². The second-order valence-corrected chi connectivity index (χ2v) is 13.1. The minimum absolute atomic E-state index is 0.0454. The minimum atomic E-state index is -1.10. The van der Waals surface area contributed by atoms with Gasteiger partial charge in [0, 0.05) is 18.5 Å². The van der Waals surface area contributed by atoms with Crippen LogP contribution in [0.4, 0.5) is 4.39 Å². The van der Waals surface area contributed by atoms with E-state index < -0.39 is 52.8 Å². The lowest BCUT2D eigenvalue weighted by atomic mass is 9.85. The molecular weight excluding hydrogens is 533 g/mol. The predicted octanol–water partition coefficient (Wildman–Crippen LogP) is 3.16. The number of fused-ring (bicyclic) bond motifs is 1. The maximum Gasteiger partial charge on any atom is 0.246 e. The Morgan fingerprint density at radius 2 is 2.02 bits per heavy atom. The molecule has 0 radical (unpaired) electrons. The van der Waals surface area contributed by atoms with Crippen LogP contribution in [0.5, 0.6) is 0 Å². The molecule has 0 spiro atoms. The average molecular weight is 568 g/mol. The van der Waals surface area contributed by atoms with Crippen molar-refractivity contribution in [2.24, 2.45) is 10.8 Å². The zero-order chi connectivity index (χ0) is 29.0. The summed E-state index contributed by atoms with van der Waals surface area (Å²) >= 11 is 1.38. The Hall–Kier alpha value is -3.36. The summed E-state index contributed by atoms with van der Waals surface area (Å²) in [5, 5.41) is 25.6. The highest BCUT2D eigenvalue weighted by atomic mass is 32.1. The zero-order valence-electron chi connectivity index (χ0n) is 23.1. The number of β-amino-alcohol motifs (C(OH)–C–C–N with tert-alkyl or cyclic N) is 1. The third-order valence-corrected chi connectivity index (χ3v) is 9.23. The summed E-state index contributed by atoms with van der Waals surface area (Å²) in [6.45, 7) is 7.20. The van der Waals surface area contributed by atoms with Crippen LogP contribution in [0, 0.1) is 34.9 Å². The third-order valence-electron chi connectivity index (χ3n) is 8.27. The van der Waals surface area contributed by atoms with Gasteiger partial charge < -0.3 is 20.6 Å². The number of benzene rings is 1. The molecule has 1 unspecified atom stereocenters. The number of thiazole rings is 1. The Labute approximate surface area is 236 Å². The first kappa shape index (κ1) is 28.2. The first-order valence-electron chi connectivity index (χ1n) is 13.6. The lowest BCUT2D eigenvalue weighted by molar-refractivity contribution is -0.144. The van der Waals surface area contributed by atoms with Crippen LogP contribution >= 0.6 is 11.3 Å². The van der Waals surface area contributed by atoms with E-state index in [0.29, 0.717) is 36.8 Å². The third kappa shape index (κ3) is 5.10. The summed E-state index contributed by atoms with van der Waals surface area (Å²) < 4.78 is 15.2. The fourth-order valence-corrected chi connectivity index (χ4v) is 6.51. The summed E-state index contributed by atoms with van der Waals surface area (Å²) in [7, 11) is 0. The van der Waals surface area contributed by atoms with Crippen molar-refractivity contribution in [2.75, 3.05) is 6.54 Å². The van der Waals surface area contributed by atoms with E-state index >= 15 is 4.39 Å². The standard InChI is InChI=1S/C29H34FN5O4S/c1-15-23(40-14-32-15)19-9-16-5-6-21(18(16)11-20(19)30)33-25(37)22-10-17(36)12-35(22)26(38)24(28(2,3)4)34-27(39)29(13-31)7-8-29/h9,11,14,17,21-22,24,36H,5-8,10,12H2,1-4H3,(H,33,37)(H,34,39)/t17-,21?,22+,24-/m1/s1. The first-order chi connectivity index (χ1) is 18.8. The second kappa shape index (κ2) is 10.2. The number of carbonyl (C=O) groups excluding carboxylic acids is 3. The largest absolute Gasteiger partial charge is 0.391 e. The normalized spacial score (nSPS) is 23.7. The number of aromatic nitrogens is 1. The quantitative estimate of drug-likeness (QED) is 0.491.